The van der Waals surface area contributed by atoms with Crippen molar-refractivity contribution in [2.24, 2.45) is 0 Å². The number of carbonyl (C=O) groups is 2. The SMILES string of the molecule is CC1Cc2ccccc2N1c1ncccc1C(=O)N1CCN(C=O)CC1. The van der Waals surface area contributed by atoms with Gasteiger partial charge in [0, 0.05) is 44.1 Å². The van der Waals surface area contributed by atoms with Gasteiger partial charge in [0.05, 0.1) is 5.56 Å². The van der Waals surface area contributed by atoms with Crippen molar-refractivity contribution in [3.8, 4) is 0 Å². The van der Waals surface area contributed by atoms with E-state index in [1.807, 2.05) is 29.2 Å². The highest BCUT2D eigenvalue weighted by Crippen LogP contribution is 2.38. The molecule has 0 N–H and O–H groups in total. The van der Waals surface area contributed by atoms with Gasteiger partial charge in [-0.15, -0.1) is 0 Å². The van der Waals surface area contributed by atoms with Gasteiger partial charge in [0.1, 0.15) is 5.82 Å². The maximum Gasteiger partial charge on any atom is 0.257 e. The molecule has 1 atom stereocenters. The Bertz CT molecular complexity index is 830. The van der Waals surface area contributed by atoms with E-state index in [2.05, 4.69) is 28.9 Å². The maximum atomic E-state index is 13.1. The van der Waals surface area contributed by atoms with Gasteiger partial charge in [-0.05, 0) is 37.1 Å². The minimum absolute atomic E-state index is 0.0183. The smallest absolute Gasteiger partial charge is 0.257 e. The predicted octanol–water partition coefficient (Wildman–Crippen LogP) is 2.08. The summed E-state index contributed by atoms with van der Waals surface area (Å²) in [5.41, 5.74) is 3.03. The van der Waals surface area contributed by atoms with Gasteiger partial charge in [-0.25, -0.2) is 4.98 Å². The van der Waals surface area contributed by atoms with Gasteiger partial charge in [-0.1, -0.05) is 18.2 Å². The molecule has 26 heavy (non-hydrogen) atoms. The molecule has 2 amide bonds. The van der Waals surface area contributed by atoms with E-state index in [4.69, 9.17) is 0 Å². The fourth-order valence-corrected chi connectivity index (χ4v) is 3.84. The molecule has 1 aromatic heterocycles. The molecular weight excluding hydrogens is 328 g/mol. The van der Waals surface area contributed by atoms with Crippen molar-refractivity contribution < 1.29 is 9.59 Å². The third-order valence-corrected chi connectivity index (χ3v) is 5.20. The first-order valence-electron chi connectivity index (χ1n) is 9.00. The Labute approximate surface area is 153 Å². The van der Waals surface area contributed by atoms with Gasteiger partial charge < -0.3 is 14.7 Å². The van der Waals surface area contributed by atoms with E-state index >= 15 is 0 Å². The third kappa shape index (κ3) is 2.81. The summed E-state index contributed by atoms with van der Waals surface area (Å²) in [4.78, 5) is 34.3. The van der Waals surface area contributed by atoms with Crippen LogP contribution in [0.5, 0.6) is 0 Å². The molecule has 0 radical (unpaired) electrons. The summed E-state index contributed by atoms with van der Waals surface area (Å²) in [5.74, 6) is 0.697. The molecular formula is C20H22N4O2. The largest absolute Gasteiger partial charge is 0.342 e. The summed E-state index contributed by atoms with van der Waals surface area (Å²) in [6.45, 7) is 4.42. The summed E-state index contributed by atoms with van der Waals surface area (Å²) >= 11 is 0. The molecule has 6 heteroatoms. The van der Waals surface area contributed by atoms with Crippen LogP contribution in [0.3, 0.4) is 0 Å². The number of rotatable bonds is 3. The van der Waals surface area contributed by atoms with Gasteiger partial charge in [-0.2, -0.15) is 0 Å². The summed E-state index contributed by atoms with van der Waals surface area (Å²) in [6, 6.07) is 12.2. The Hall–Kier alpha value is -2.89. The number of amides is 2. The van der Waals surface area contributed by atoms with E-state index in [0.717, 1.165) is 18.5 Å². The zero-order valence-electron chi connectivity index (χ0n) is 14.8. The van der Waals surface area contributed by atoms with Gasteiger partial charge >= 0.3 is 0 Å². The molecule has 0 spiro atoms. The van der Waals surface area contributed by atoms with Gasteiger partial charge in [-0.3, -0.25) is 9.59 Å². The standard InChI is InChI=1S/C20H22N4O2/c1-15-13-16-5-2-3-7-18(16)24(15)19-17(6-4-8-21-19)20(26)23-11-9-22(14-25)10-12-23/h2-8,14-15H,9-13H2,1H3. The molecule has 1 fully saturated rings. The molecule has 3 heterocycles. The molecule has 0 aliphatic carbocycles. The molecule has 1 unspecified atom stereocenters. The number of fused-ring (bicyclic) bond motifs is 1. The van der Waals surface area contributed by atoms with E-state index < -0.39 is 0 Å². The van der Waals surface area contributed by atoms with Crippen LogP contribution in [0.4, 0.5) is 11.5 Å². The number of hydrogen-bond donors (Lipinski definition) is 0. The lowest BCUT2D eigenvalue weighted by Gasteiger charge is -2.33. The number of anilines is 2. The van der Waals surface area contributed by atoms with E-state index in [9.17, 15) is 9.59 Å². The second-order valence-electron chi connectivity index (χ2n) is 6.86. The number of carbonyl (C=O) groups excluding carboxylic acids is 2. The Morgan fingerprint density at radius 3 is 2.65 bits per heavy atom. The quantitative estimate of drug-likeness (QED) is 0.796. The average molecular weight is 350 g/mol. The Morgan fingerprint density at radius 2 is 1.88 bits per heavy atom. The molecule has 134 valence electrons. The molecule has 2 aliphatic rings. The third-order valence-electron chi connectivity index (χ3n) is 5.20. The van der Waals surface area contributed by atoms with Crippen LogP contribution in [0.15, 0.2) is 42.6 Å². The van der Waals surface area contributed by atoms with Crippen molar-refractivity contribution in [3.63, 3.8) is 0 Å². The average Bonchev–Trinajstić information content (AvgIpc) is 3.03. The van der Waals surface area contributed by atoms with Crippen molar-refractivity contribution in [1.29, 1.82) is 0 Å². The highest BCUT2D eigenvalue weighted by atomic mass is 16.2. The van der Waals surface area contributed by atoms with Crippen LogP contribution in [0.25, 0.3) is 0 Å². The van der Waals surface area contributed by atoms with E-state index in [1.165, 1.54) is 5.56 Å². The molecule has 1 aromatic carbocycles. The van der Waals surface area contributed by atoms with Crippen LogP contribution in [-0.4, -0.2) is 59.3 Å². The van der Waals surface area contributed by atoms with E-state index in [1.54, 1.807) is 11.1 Å². The molecule has 0 bridgehead atoms. The summed E-state index contributed by atoms with van der Waals surface area (Å²) in [5, 5.41) is 0. The monoisotopic (exact) mass is 350 g/mol. The number of para-hydroxylation sites is 1. The van der Waals surface area contributed by atoms with Gasteiger partial charge in [0.25, 0.3) is 5.91 Å². The predicted molar refractivity (Wildman–Crippen MR) is 99.5 cm³/mol. The summed E-state index contributed by atoms with van der Waals surface area (Å²) in [7, 11) is 0. The van der Waals surface area contributed by atoms with Gasteiger partial charge in [0.2, 0.25) is 6.41 Å². The van der Waals surface area contributed by atoms with Gasteiger partial charge in [0.15, 0.2) is 0 Å². The maximum absolute atomic E-state index is 13.1. The Kier molecular flexibility index (Phi) is 4.32. The van der Waals surface area contributed by atoms with Crippen LogP contribution >= 0.6 is 0 Å². The zero-order chi connectivity index (χ0) is 18.1. The fourth-order valence-electron chi connectivity index (χ4n) is 3.84. The first kappa shape index (κ1) is 16.6. The number of piperazine rings is 1. The summed E-state index contributed by atoms with van der Waals surface area (Å²) in [6.07, 6.45) is 3.53. The van der Waals surface area contributed by atoms with Crippen molar-refractivity contribution in [2.75, 3.05) is 31.1 Å². The molecule has 2 aliphatic heterocycles. The first-order valence-corrected chi connectivity index (χ1v) is 9.00. The number of aromatic nitrogens is 1. The normalized spacial score (nSPS) is 19.4. The fraction of sp³-hybridized carbons (Fsp3) is 0.350. The second kappa shape index (κ2) is 6.78. The molecule has 0 saturated carbocycles. The number of benzene rings is 1. The zero-order valence-corrected chi connectivity index (χ0v) is 14.8. The lowest BCUT2D eigenvalue weighted by Crippen LogP contribution is -2.48. The van der Waals surface area contributed by atoms with Crippen LogP contribution < -0.4 is 4.90 Å². The van der Waals surface area contributed by atoms with Crippen LogP contribution in [0.2, 0.25) is 0 Å². The molecule has 2 aromatic rings. The molecule has 4 rings (SSSR count). The second-order valence-corrected chi connectivity index (χ2v) is 6.86. The van der Waals surface area contributed by atoms with E-state index in [0.29, 0.717) is 37.6 Å². The van der Waals surface area contributed by atoms with Crippen molar-refractivity contribution >= 4 is 23.8 Å². The van der Waals surface area contributed by atoms with Crippen LogP contribution in [0.1, 0.15) is 22.8 Å². The lowest BCUT2D eigenvalue weighted by molar-refractivity contribution is -0.119. The minimum atomic E-state index is -0.0183. The van der Waals surface area contributed by atoms with Crippen molar-refractivity contribution in [1.82, 2.24) is 14.8 Å². The number of hydrogen-bond acceptors (Lipinski definition) is 4. The lowest BCUT2D eigenvalue weighted by atomic mass is 10.1. The topological polar surface area (TPSA) is 56.8 Å². The first-order chi connectivity index (χ1) is 12.7. The minimum Gasteiger partial charge on any atom is -0.342 e. The number of pyridine rings is 1. The van der Waals surface area contributed by atoms with Crippen molar-refractivity contribution in [3.05, 3.63) is 53.7 Å². The molecule has 1 saturated heterocycles. The molecule has 6 nitrogen and oxygen atoms in total. The van der Waals surface area contributed by atoms with Crippen LogP contribution in [0, 0.1) is 0 Å². The van der Waals surface area contributed by atoms with Crippen LogP contribution in [-0.2, 0) is 11.2 Å². The number of nitrogens with zero attached hydrogens (tertiary/aromatic N) is 4. The van der Waals surface area contributed by atoms with E-state index in [-0.39, 0.29) is 11.9 Å². The highest BCUT2D eigenvalue weighted by Gasteiger charge is 2.32. The Balaban J connectivity index is 1.66. The highest BCUT2D eigenvalue weighted by molar-refractivity contribution is 6.00. The summed E-state index contributed by atoms with van der Waals surface area (Å²) < 4.78 is 0. The Morgan fingerprint density at radius 1 is 1.12 bits per heavy atom. The van der Waals surface area contributed by atoms with Crippen molar-refractivity contribution in [2.45, 2.75) is 19.4 Å².